The van der Waals surface area contributed by atoms with Crippen molar-refractivity contribution >= 4 is 43.1 Å². The zero-order valence-electron chi connectivity index (χ0n) is 5.10. The molecule has 54 valence electrons. The Labute approximate surface area is 77.8 Å². The van der Waals surface area contributed by atoms with Crippen molar-refractivity contribution in [3.63, 3.8) is 0 Å². The summed E-state index contributed by atoms with van der Waals surface area (Å²) in [6, 6.07) is 6.40. The highest BCUT2D eigenvalue weighted by molar-refractivity contribution is 6.32. The van der Waals surface area contributed by atoms with Gasteiger partial charge >= 0.3 is 0 Å². The first kappa shape index (κ1) is 12.7. The van der Waals surface area contributed by atoms with Crippen molar-refractivity contribution in [1.82, 2.24) is 0 Å². The van der Waals surface area contributed by atoms with Crippen LogP contribution >= 0.6 is 12.4 Å². The lowest BCUT2D eigenvalue weighted by molar-refractivity contribution is 0.628. The molecule has 0 N–H and O–H groups in total. The summed E-state index contributed by atoms with van der Waals surface area (Å²) >= 11 is 0. The molecule has 0 heterocycles. The average molecular weight is 174 g/mol. The van der Waals surface area contributed by atoms with Gasteiger partial charge in [-0.3, -0.25) is 0 Å². The molecule has 0 saturated carbocycles. The Hall–Kier alpha value is 0.0374. The maximum absolute atomic E-state index is 12.1. The van der Waals surface area contributed by atoms with Gasteiger partial charge < -0.3 is 0 Å². The van der Waals surface area contributed by atoms with Gasteiger partial charge in [0.1, 0.15) is 13.7 Å². The molecule has 0 atom stereocenters. The number of hydrogen-bond acceptors (Lipinski definition) is 0. The van der Waals surface area contributed by atoms with E-state index in [1.165, 1.54) is 12.1 Å². The number of benzene rings is 1. The first-order valence-corrected chi connectivity index (χ1v) is 2.51. The molecule has 0 bridgehead atoms. The number of hydrogen-bond donors (Lipinski definition) is 0. The predicted octanol–water partition coefficient (Wildman–Crippen LogP) is -0.678. The normalized spacial score (nSPS) is 7.30. The summed E-state index contributed by atoms with van der Waals surface area (Å²) in [5, 5.41) is 0. The van der Waals surface area contributed by atoms with E-state index < -0.39 is 0 Å². The molecule has 10 heavy (non-hydrogen) atoms. The molecule has 0 fully saturated rings. The standard InChI is InChI=1S/C6H6BF.Al.ClH.3H/c7-5-1-3-6(8)4-2-5;;;;;/h1-4H,7H2;;1H;;;. The Morgan fingerprint density at radius 2 is 1.50 bits per heavy atom. The minimum Gasteiger partial charge on any atom is -0.207 e. The lowest BCUT2D eigenvalue weighted by Crippen LogP contribution is -1.98. The third-order valence-electron chi connectivity index (χ3n) is 1.01. The van der Waals surface area contributed by atoms with Gasteiger partial charge in [-0.05, 0) is 12.1 Å². The molecule has 1 aromatic carbocycles. The molecule has 0 aliphatic heterocycles. The first-order valence-electron chi connectivity index (χ1n) is 2.51. The van der Waals surface area contributed by atoms with Crippen molar-refractivity contribution in [2.45, 2.75) is 0 Å². The van der Waals surface area contributed by atoms with Gasteiger partial charge in [0.05, 0.1) is 0 Å². The molecule has 0 nitrogen and oxygen atoms in total. The molecule has 0 aliphatic carbocycles. The number of rotatable bonds is 0. The number of halogens is 2. The third kappa shape index (κ3) is 3.95. The summed E-state index contributed by atoms with van der Waals surface area (Å²) in [4.78, 5) is 0. The van der Waals surface area contributed by atoms with Crippen molar-refractivity contribution in [2.75, 3.05) is 0 Å². The van der Waals surface area contributed by atoms with Gasteiger partial charge in [0.2, 0.25) is 0 Å². The van der Waals surface area contributed by atoms with E-state index in [1.54, 1.807) is 12.1 Å². The fraction of sp³-hybridized carbons (Fsp3) is 0. The first-order chi connectivity index (χ1) is 3.79. The Morgan fingerprint density at radius 3 is 1.80 bits per heavy atom. The maximum atomic E-state index is 12.1. The van der Waals surface area contributed by atoms with Crippen LogP contribution in [0.1, 0.15) is 0 Å². The van der Waals surface area contributed by atoms with Crippen molar-refractivity contribution in [3.05, 3.63) is 30.1 Å². The van der Waals surface area contributed by atoms with Gasteiger partial charge in [-0.1, -0.05) is 17.6 Å². The molecule has 0 amide bonds. The third-order valence-corrected chi connectivity index (χ3v) is 1.01. The summed E-state index contributed by atoms with van der Waals surface area (Å²) in [6.45, 7) is 0. The molecule has 1 aromatic rings. The van der Waals surface area contributed by atoms with E-state index in [2.05, 4.69) is 0 Å². The quantitative estimate of drug-likeness (QED) is 0.457. The summed E-state index contributed by atoms with van der Waals surface area (Å²) < 4.78 is 12.1. The zero-order chi connectivity index (χ0) is 5.98. The van der Waals surface area contributed by atoms with Gasteiger partial charge in [-0.2, -0.15) is 0 Å². The second-order valence-electron chi connectivity index (χ2n) is 1.80. The van der Waals surface area contributed by atoms with Crippen LogP contribution in [0.4, 0.5) is 4.39 Å². The van der Waals surface area contributed by atoms with E-state index >= 15 is 0 Å². The molecule has 4 heteroatoms. The van der Waals surface area contributed by atoms with Gasteiger partial charge in [0.25, 0.3) is 0 Å². The second-order valence-corrected chi connectivity index (χ2v) is 1.80. The highest BCUT2D eigenvalue weighted by atomic mass is 35.5. The van der Waals surface area contributed by atoms with Crippen molar-refractivity contribution in [1.29, 1.82) is 0 Å². The average Bonchev–Trinajstić information content (AvgIpc) is 1.77. The Morgan fingerprint density at radius 1 is 1.10 bits per heavy atom. The lowest BCUT2D eigenvalue weighted by atomic mass is 9.97. The van der Waals surface area contributed by atoms with E-state index in [0.29, 0.717) is 0 Å². The van der Waals surface area contributed by atoms with Crippen LogP contribution in [0.15, 0.2) is 24.3 Å². The van der Waals surface area contributed by atoms with E-state index in [4.69, 9.17) is 0 Å². The second kappa shape index (κ2) is 5.79. The molecule has 0 spiro atoms. The lowest BCUT2D eigenvalue weighted by Gasteiger charge is -1.87. The Kier molecular flexibility index (Phi) is 7.35. The Balaban J connectivity index is 0. The van der Waals surface area contributed by atoms with Gasteiger partial charge in [0, 0.05) is 0 Å². The van der Waals surface area contributed by atoms with Crippen molar-refractivity contribution in [3.8, 4) is 0 Å². The predicted molar refractivity (Wildman–Crippen MR) is 51.8 cm³/mol. The Bertz CT molecular complexity index is 157. The van der Waals surface area contributed by atoms with Gasteiger partial charge in [0.15, 0.2) is 17.4 Å². The minimum atomic E-state index is -0.171. The van der Waals surface area contributed by atoms with Crippen LogP contribution in [0.25, 0.3) is 0 Å². The molecule has 0 saturated heterocycles. The minimum absolute atomic E-state index is 0. The van der Waals surface area contributed by atoms with E-state index in [1.807, 2.05) is 7.85 Å². The van der Waals surface area contributed by atoms with E-state index in [-0.39, 0.29) is 35.6 Å². The highest BCUT2D eigenvalue weighted by Crippen LogP contribution is 1.89. The van der Waals surface area contributed by atoms with Crippen LogP contribution < -0.4 is 5.46 Å². The molecular weight excluding hydrogens is 164 g/mol. The largest absolute Gasteiger partial charge is 0.207 e. The molecule has 1 rings (SSSR count). The summed E-state index contributed by atoms with van der Waals surface area (Å²) in [7, 11) is 1.93. The van der Waals surface area contributed by atoms with Crippen molar-refractivity contribution in [2.24, 2.45) is 0 Å². The van der Waals surface area contributed by atoms with Gasteiger partial charge in [-0.25, -0.2) is 4.39 Å². The van der Waals surface area contributed by atoms with Crippen LogP contribution in [-0.4, -0.2) is 25.2 Å². The maximum Gasteiger partial charge on any atom is 0.187 e. The topological polar surface area (TPSA) is 0 Å². The van der Waals surface area contributed by atoms with Crippen LogP contribution in [0, 0.1) is 5.82 Å². The molecule has 0 aromatic heterocycles. The van der Waals surface area contributed by atoms with Crippen LogP contribution in [0.2, 0.25) is 0 Å². The van der Waals surface area contributed by atoms with Crippen molar-refractivity contribution < 1.29 is 4.39 Å². The molecule has 0 aliphatic rings. The molecular formula is C6H10AlBClF. The van der Waals surface area contributed by atoms with Crippen LogP contribution in [-0.2, 0) is 0 Å². The monoisotopic (exact) mass is 174 g/mol. The van der Waals surface area contributed by atoms with Gasteiger partial charge in [-0.15, -0.1) is 12.4 Å². The summed E-state index contributed by atoms with van der Waals surface area (Å²) in [5.41, 5.74) is 1.09. The fourth-order valence-corrected chi connectivity index (χ4v) is 0.533. The zero-order valence-corrected chi connectivity index (χ0v) is 5.91. The summed E-state index contributed by atoms with van der Waals surface area (Å²) in [5.74, 6) is -0.171. The highest BCUT2D eigenvalue weighted by Gasteiger charge is 1.83. The SMILES string of the molecule is Bc1ccc(F)cc1.Cl.[AlH3]. The summed E-state index contributed by atoms with van der Waals surface area (Å²) in [6.07, 6.45) is 0. The fourth-order valence-electron chi connectivity index (χ4n) is 0.533. The van der Waals surface area contributed by atoms with Crippen LogP contribution in [0.5, 0.6) is 0 Å². The van der Waals surface area contributed by atoms with Crippen LogP contribution in [0.3, 0.4) is 0 Å². The van der Waals surface area contributed by atoms with E-state index in [0.717, 1.165) is 5.46 Å². The molecule has 0 radical (unpaired) electrons. The molecule has 0 unspecified atom stereocenters. The van der Waals surface area contributed by atoms with E-state index in [9.17, 15) is 4.39 Å². The smallest absolute Gasteiger partial charge is 0.187 e.